The minimum atomic E-state index is -0.798. The molecule has 1 N–H and O–H groups in total. The lowest BCUT2D eigenvalue weighted by atomic mass is 10.1. The van der Waals surface area contributed by atoms with E-state index in [2.05, 4.69) is 0 Å². The minimum Gasteiger partial charge on any atom is -0.458 e. The van der Waals surface area contributed by atoms with Crippen LogP contribution in [0, 0.1) is 0 Å². The van der Waals surface area contributed by atoms with Crippen molar-refractivity contribution in [3.63, 3.8) is 0 Å². The molecule has 0 aromatic carbocycles. The van der Waals surface area contributed by atoms with Crippen LogP contribution in [0.3, 0.4) is 0 Å². The Morgan fingerprint density at radius 3 is 2.55 bits per heavy atom. The summed E-state index contributed by atoms with van der Waals surface area (Å²) in [6.07, 6.45) is -2.44. The Labute approximate surface area is 117 Å². The van der Waals surface area contributed by atoms with Gasteiger partial charge in [0.1, 0.15) is 30.0 Å². The van der Waals surface area contributed by atoms with Crippen molar-refractivity contribution >= 4 is 12.1 Å². The maximum atomic E-state index is 12.2. The van der Waals surface area contributed by atoms with E-state index in [0.717, 1.165) is 0 Å². The number of hydrogen-bond acceptors (Lipinski definition) is 6. The molecule has 7 nitrogen and oxygen atoms in total. The van der Waals surface area contributed by atoms with Crippen LogP contribution in [0.2, 0.25) is 0 Å². The predicted octanol–water partition coefficient (Wildman–Crippen LogP) is 0.297. The van der Waals surface area contributed by atoms with Crippen LogP contribution in [0.25, 0.3) is 0 Å². The highest BCUT2D eigenvalue weighted by atomic mass is 16.6. The molecule has 0 radical (unpaired) electrons. The van der Waals surface area contributed by atoms with E-state index in [9.17, 15) is 14.7 Å². The molecule has 7 heteroatoms. The minimum absolute atomic E-state index is 0.113. The van der Waals surface area contributed by atoms with Crippen LogP contribution < -0.4 is 0 Å². The van der Waals surface area contributed by atoms with Gasteiger partial charge in [-0.1, -0.05) is 0 Å². The van der Waals surface area contributed by atoms with Gasteiger partial charge in [0, 0.05) is 6.92 Å². The number of hydrogen-bond donors (Lipinski definition) is 1. The van der Waals surface area contributed by atoms with Gasteiger partial charge in [0.15, 0.2) is 0 Å². The summed E-state index contributed by atoms with van der Waals surface area (Å²) >= 11 is 0. The maximum absolute atomic E-state index is 12.2. The fourth-order valence-corrected chi connectivity index (χ4v) is 2.59. The van der Waals surface area contributed by atoms with Crippen LogP contribution in [0.5, 0.6) is 0 Å². The first-order valence-corrected chi connectivity index (χ1v) is 6.65. The van der Waals surface area contributed by atoms with Gasteiger partial charge in [-0.2, -0.15) is 0 Å². The van der Waals surface area contributed by atoms with Crippen molar-refractivity contribution in [3.05, 3.63) is 0 Å². The second kappa shape index (κ2) is 5.21. The van der Waals surface area contributed by atoms with Crippen molar-refractivity contribution in [1.82, 2.24) is 4.90 Å². The molecule has 2 aliphatic heterocycles. The number of carbonyl (C=O) groups is 2. The third-order valence-electron chi connectivity index (χ3n) is 3.24. The maximum Gasteiger partial charge on any atom is 0.410 e. The van der Waals surface area contributed by atoms with Crippen LogP contribution in [0.15, 0.2) is 0 Å². The zero-order valence-corrected chi connectivity index (χ0v) is 12.2. The standard InChI is InChI=1S/C13H21NO6/c1-7(15)19-9-6-18-11-8(16)5-14(10(9)11)12(17)20-13(2,3)4/h8-11,16H,5-6H2,1-4H3/t8-,9+,10-,11-/m1/s1. The van der Waals surface area contributed by atoms with Gasteiger partial charge in [-0.05, 0) is 20.8 Å². The van der Waals surface area contributed by atoms with Crippen LogP contribution in [-0.4, -0.2) is 65.2 Å². The second-order valence-electron chi connectivity index (χ2n) is 6.14. The summed E-state index contributed by atoms with van der Waals surface area (Å²) in [5.74, 6) is -0.440. The Bertz CT molecular complexity index is 404. The average molecular weight is 287 g/mol. The normalized spacial score (nSPS) is 33.0. The number of ether oxygens (including phenoxy) is 3. The molecule has 2 heterocycles. The van der Waals surface area contributed by atoms with E-state index in [1.807, 2.05) is 0 Å². The van der Waals surface area contributed by atoms with E-state index in [1.165, 1.54) is 11.8 Å². The lowest BCUT2D eigenvalue weighted by Gasteiger charge is -2.29. The van der Waals surface area contributed by atoms with Crippen molar-refractivity contribution in [3.8, 4) is 0 Å². The molecule has 2 aliphatic rings. The lowest BCUT2D eigenvalue weighted by molar-refractivity contribution is -0.148. The number of fused-ring (bicyclic) bond motifs is 1. The molecule has 4 atom stereocenters. The smallest absolute Gasteiger partial charge is 0.410 e. The summed E-state index contributed by atoms with van der Waals surface area (Å²) in [5, 5.41) is 9.95. The van der Waals surface area contributed by atoms with E-state index in [-0.39, 0.29) is 13.2 Å². The van der Waals surface area contributed by atoms with E-state index >= 15 is 0 Å². The predicted molar refractivity (Wildman–Crippen MR) is 68.0 cm³/mol. The molecular weight excluding hydrogens is 266 g/mol. The zero-order chi connectivity index (χ0) is 15.1. The first-order valence-electron chi connectivity index (χ1n) is 6.65. The van der Waals surface area contributed by atoms with Crippen molar-refractivity contribution in [2.75, 3.05) is 13.2 Å². The van der Waals surface area contributed by atoms with Crippen LogP contribution >= 0.6 is 0 Å². The average Bonchev–Trinajstić information content (AvgIpc) is 2.79. The first-order chi connectivity index (χ1) is 9.19. The molecular formula is C13H21NO6. The number of likely N-dealkylation sites (tertiary alicyclic amines) is 1. The van der Waals surface area contributed by atoms with Crippen molar-refractivity contribution < 1.29 is 28.9 Å². The molecule has 0 aromatic heterocycles. The number of aliphatic hydroxyl groups excluding tert-OH is 1. The highest BCUT2D eigenvalue weighted by Gasteiger charge is 2.54. The van der Waals surface area contributed by atoms with Gasteiger partial charge in [-0.25, -0.2) is 4.79 Å². The summed E-state index contributed by atoms with van der Waals surface area (Å²) in [7, 11) is 0. The molecule has 0 saturated carbocycles. The Balaban J connectivity index is 2.12. The second-order valence-corrected chi connectivity index (χ2v) is 6.14. The van der Waals surface area contributed by atoms with E-state index in [1.54, 1.807) is 20.8 Å². The fraction of sp³-hybridized carbons (Fsp3) is 0.846. The third kappa shape index (κ3) is 3.04. The van der Waals surface area contributed by atoms with Gasteiger partial charge in [-0.3, -0.25) is 9.69 Å². The SMILES string of the molecule is CC(=O)O[C@H]1CO[C@H]2[C@@H]1N(C(=O)OC(C)(C)C)C[C@H]2O. The Kier molecular flexibility index (Phi) is 3.93. The summed E-state index contributed by atoms with van der Waals surface area (Å²) in [6.45, 7) is 6.89. The molecule has 1 amide bonds. The van der Waals surface area contributed by atoms with Gasteiger partial charge in [0.2, 0.25) is 0 Å². The zero-order valence-electron chi connectivity index (χ0n) is 12.2. The summed E-state index contributed by atoms with van der Waals surface area (Å²) in [5.41, 5.74) is -0.628. The molecule has 0 aliphatic carbocycles. The van der Waals surface area contributed by atoms with Crippen LogP contribution in [0.4, 0.5) is 4.79 Å². The number of carbonyl (C=O) groups excluding carboxylic acids is 2. The lowest BCUT2D eigenvalue weighted by Crippen LogP contribution is -2.47. The molecule has 0 spiro atoms. The number of β-amino-alcohol motifs (C(OH)–C–C–N with tert-alkyl or cyclic N) is 1. The van der Waals surface area contributed by atoms with Gasteiger partial charge in [-0.15, -0.1) is 0 Å². The Hall–Kier alpha value is -1.34. The largest absolute Gasteiger partial charge is 0.458 e. The van der Waals surface area contributed by atoms with E-state index in [4.69, 9.17) is 14.2 Å². The molecule has 2 fully saturated rings. The van der Waals surface area contributed by atoms with Gasteiger partial charge in [0.25, 0.3) is 0 Å². The molecule has 0 unspecified atom stereocenters. The van der Waals surface area contributed by atoms with Gasteiger partial charge >= 0.3 is 12.1 Å². The van der Waals surface area contributed by atoms with Gasteiger partial charge < -0.3 is 19.3 Å². The Morgan fingerprint density at radius 2 is 2.00 bits per heavy atom. The van der Waals surface area contributed by atoms with E-state index in [0.29, 0.717) is 0 Å². The van der Waals surface area contributed by atoms with Crippen molar-refractivity contribution in [1.29, 1.82) is 0 Å². The molecule has 20 heavy (non-hydrogen) atoms. The number of aliphatic hydroxyl groups is 1. The van der Waals surface area contributed by atoms with Crippen molar-refractivity contribution in [2.24, 2.45) is 0 Å². The third-order valence-corrected chi connectivity index (χ3v) is 3.24. The highest BCUT2D eigenvalue weighted by Crippen LogP contribution is 2.32. The molecule has 114 valence electrons. The van der Waals surface area contributed by atoms with E-state index < -0.39 is 42.0 Å². The topological polar surface area (TPSA) is 85.3 Å². The molecule has 2 rings (SSSR count). The number of esters is 1. The summed E-state index contributed by atoms with van der Waals surface area (Å²) in [6, 6.07) is -0.497. The summed E-state index contributed by atoms with van der Waals surface area (Å²) < 4.78 is 15.9. The van der Waals surface area contributed by atoms with Crippen LogP contribution in [0.1, 0.15) is 27.7 Å². The van der Waals surface area contributed by atoms with Crippen LogP contribution in [-0.2, 0) is 19.0 Å². The Morgan fingerprint density at radius 1 is 1.35 bits per heavy atom. The fourth-order valence-electron chi connectivity index (χ4n) is 2.59. The highest BCUT2D eigenvalue weighted by molar-refractivity contribution is 5.70. The number of amides is 1. The van der Waals surface area contributed by atoms with Crippen molar-refractivity contribution in [2.45, 2.75) is 57.6 Å². The molecule has 0 bridgehead atoms. The first kappa shape index (κ1) is 15.1. The quantitative estimate of drug-likeness (QED) is 0.698. The number of rotatable bonds is 1. The van der Waals surface area contributed by atoms with Gasteiger partial charge in [0.05, 0.1) is 13.2 Å². The monoisotopic (exact) mass is 287 g/mol. The summed E-state index contributed by atoms with van der Waals surface area (Å²) in [4.78, 5) is 24.7. The molecule has 0 aromatic rings. The molecule has 2 saturated heterocycles. The number of nitrogens with zero attached hydrogens (tertiary/aromatic N) is 1.